The molecule has 3 heteroatoms. The highest BCUT2D eigenvalue weighted by Gasteiger charge is 2.27. The molecule has 0 fully saturated rings. The molecule has 74 heavy (non-hydrogen) atoms. The Hall–Kier alpha value is -6.52. The van der Waals surface area contributed by atoms with Crippen LogP contribution in [0.15, 0.2) is 182 Å². The van der Waals surface area contributed by atoms with Gasteiger partial charge in [0.25, 0.3) is 0 Å². The predicted molar refractivity (Wildman–Crippen MR) is 328 cm³/mol. The van der Waals surface area contributed by atoms with Gasteiger partial charge in [-0.1, -0.05) is 211 Å². The zero-order valence-electron chi connectivity index (χ0n) is 45.7. The molecule has 1 atom stereocenters. The van der Waals surface area contributed by atoms with Crippen LogP contribution in [0.3, 0.4) is 0 Å². The van der Waals surface area contributed by atoms with Gasteiger partial charge in [0, 0.05) is 68.9 Å². The van der Waals surface area contributed by atoms with Crippen molar-refractivity contribution in [2.75, 3.05) is 4.90 Å². The van der Waals surface area contributed by atoms with Crippen molar-refractivity contribution < 1.29 is 0 Å². The second-order valence-electron chi connectivity index (χ2n) is 25.1. The van der Waals surface area contributed by atoms with Crippen LogP contribution in [0.25, 0.3) is 62.2 Å². The van der Waals surface area contributed by atoms with Gasteiger partial charge in [0.2, 0.25) is 0 Å². The van der Waals surface area contributed by atoms with E-state index < -0.39 is 0 Å². The topological polar surface area (TPSA) is 3.24 Å². The van der Waals surface area contributed by atoms with Gasteiger partial charge in [-0.2, -0.15) is 0 Å². The Morgan fingerprint density at radius 2 is 0.770 bits per heavy atom. The van der Waals surface area contributed by atoms with E-state index in [4.69, 9.17) is 0 Å². The van der Waals surface area contributed by atoms with Gasteiger partial charge in [-0.25, -0.2) is 0 Å². The standard InChI is InChI=1S/C71H71NS2/c1-44(65(46-19-24-50(25-20-46)68(2,3)4)47-21-26-51(27-22-47)69(5,6)7)48-23-37-57-60-39-49-40-61-58-38-36-56(72(54-32-28-52(29-33-54)70(8,9)10)55-34-30-53(31-35-55)71(11,12)13)42-63(58)74-67(61)66(45-17-15-14-16-18-45)59(49)43-64(60)73-62(57)41-48/h14-44,65H,1-13H3. The van der Waals surface area contributed by atoms with Crippen LogP contribution in [0.4, 0.5) is 17.1 Å². The Bertz CT molecular complexity index is 3730. The molecule has 9 aromatic carbocycles. The minimum atomic E-state index is 0.0719. The Balaban J connectivity index is 1.03. The van der Waals surface area contributed by atoms with Crippen molar-refractivity contribution in [3.8, 4) is 11.1 Å². The van der Waals surface area contributed by atoms with Crippen molar-refractivity contribution in [2.24, 2.45) is 0 Å². The maximum absolute atomic E-state index is 2.50. The Morgan fingerprint density at radius 1 is 0.351 bits per heavy atom. The molecule has 0 aliphatic carbocycles. The van der Waals surface area contributed by atoms with E-state index in [0.29, 0.717) is 0 Å². The first-order valence-corrected chi connectivity index (χ1v) is 28.3. The average Bonchev–Trinajstić information content (AvgIpc) is 3.91. The molecular weight excluding hydrogens is 931 g/mol. The van der Waals surface area contributed by atoms with E-state index >= 15 is 0 Å². The number of rotatable bonds is 8. The minimum Gasteiger partial charge on any atom is -0.310 e. The molecule has 0 N–H and O–H groups in total. The summed E-state index contributed by atoms with van der Waals surface area (Å²) in [4.78, 5) is 2.43. The summed E-state index contributed by atoms with van der Waals surface area (Å²) in [6.07, 6.45) is 0. The van der Waals surface area contributed by atoms with Crippen LogP contribution in [0, 0.1) is 0 Å². The highest BCUT2D eigenvalue weighted by atomic mass is 32.1. The smallest absolute Gasteiger partial charge is 0.0476 e. The average molecular weight is 1000 g/mol. The van der Waals surface area contributed by atoms with Gasteiger partial charge >= 0.3 is 0 Å². The van der Waals surface area contributed by atoms with Crippen LogP contribution in [0.2, 0.25) is 0 Å². The molecule has 0 saturated heterocycles. The molecule has 0 aliphatic heterocycles. The maximum Gasteiger partial charge on any atom is 0.0476 e. The molecule has 1 nitrogen and oxygen atoms in total. The van der Waals surface area contributed by atoms with Crippen LogP contribution in [0.5, 0.6) is 0 Å². The molecule has 1 unspecified atom stereocenters. The van der Waals surface area contributed by atoms with Gasteiger partial charge < -0.3 is 4.90 Å². The molecule has 0 aliphatic rings. The van der Waals surface area contributed by atoms with Crippen molar-refractivity contribution >= 4 is 90.9 Å². The zero-order valence-corrected chi connectivity index (χ0v) is 47.4. The number of thiophene rings is 2. The van der Waals surface area contributed by atoms with Gasteiger partial charge in [0.1, 0.15) is 0 Å². The van der Waals surface area contributed by atoms with E-state index in [0.717, 1.165) is 17.1 Å². The first kappa shape index (κ1) is 49.7. The fraction of sp³-hybridized carbons (Fsp3) is 0.268. The van der Waals surface area contributed by atoms with E-state index in [1.54, 1.807) is 0 Å². The molecule has 0 radical (unpaired) electrons. The van der Waals surface area contributed by atoms with Crippen LogP contribution < -0.4 is 4.90 Å². The van der Waals surface area contributed by atoms with E-state index in [1.807, 2.05) is 22.7 Å². The number of hydrogen-bond acceptors (Lipinski definition) is 3. The molecule has 11 rings (SSSR count). The van der Waals surface area contributed by atoms with E-state index in [-0.39, 0.29) is 33.5 Å². The van der Waals surface area contributed by atoms with Gasteiger partial charge in [-0.15, -0.1) is 22.7 Å². The van der Waals surface area contributed by atoms with Gasteiger partial charge in [-0.3, -0.25) is 0 Å². The number of fused-ring (bicyclic) bond motifs is 7. The maximum atomic E-state index is 2.50. The lowest BCUT2D eigenvalue weighted by atomic mass is 9.76. The molecule has 2 heterocycles. The summed E-state index contributed by atoms with van der Waals surface area (Å²) < 4.78 is 5.29. The third-order valence-electron chi connectivity index (χ3n) is 15.8. The SMILES string of the molecule is CC(c1ccc2c(c1)sc1cc3c(-c4ccccc4)c4sc5cc(N(c6ccc(C(C)(C)C)cc6)c6ccc(C(C)(C)C)cc6)ccc5c4cc3cc12)C(c1ccc(C(C)(C)C)cc1)c1ccc(C(C)(C)C)cc1. The normalized spacial score (nSPS) is 13.3. The summed E-state index contributed by atoms with van der Waals surface area (Å²) in [6, 6.07) is 70.3. The molecule has 0 spiro atoms. The lowest BCUT2D eigenvalue weighted by molar-refractivity contribution is 0.587. The number of nitrogens with zero attached hydrogens (tertiary/aromatic N) is 1. The third-order valence-corrected chi connectivity index (χ3v) is 18.1. The molecule has 11 aromatic rings. The summed E-state index contributed by atoms with van der Waals surface area (Å²) in [7, 11) is 0. The Labute approximate surface area is 448 Å². The second-order valence-corrected chi connectivity index (χ2v) is 27.3. The minimum absolute atomic E-state index is 0.0719. The van der Waals surface area contributed by atoms with Crippen LogP contribution in [-0.2, 0) is 21.7 Å². The van der Waals surface area contributed by atoms with Crippen molar-refractivity contribution in [1.82, 2.24) is 0 Å². The highest BCUT2D eigenvalue weighted by Crippen LogP contribution is 2.49. The summed E-state index contributed by atoms with van der Waals surface area (Å²) in [5.74, 6) is 0.466. The van der Waals surface area contributed by atoms with E-state index in [9.17, 15) is 0 Å². The molecular formula is C71H71NS2. The first-order chi connectivity index (χ1) is 35.1. The number of benzene rings is 9. The predicted octanol–water partition coefficient (Wildman–Crippen LogP) is 21.8. The van der Waals surface area contributed by atoms with Crippen molar-refractivity contribution in [2.45, 2.75) is 124 Å². The molecule has 372 valence electrons. The van der Waals surface area contributed by atoms with Crippen LogP contribution in [0.1, 0.15) is 141 Å². The van der Waals surface area contributed by atoms with E-state index in [1.165, 1.54) is 101 Å². The van der Waals surface area contributed by atoms with Crippen molar-refractivity contribution in [3.05, 3.63) is 221 Å². The summed E-state index contributed by atoms with van der Waals surface area (Å²) >= 11 is 3.86. The van der Waals surface area contributed by atoms with Crippen LogP contribution >= 0.6 is 22.7 Å². The Morgan fingerprint density at radius 3 is 1.28 bits per heavy atom. The molecule has 2 aromatic heterocycles. The monoisotopic (exact) mass is 1000 g/mol. The lowest BCUT2D eigenvalue weighted by Gasteiger charge is -2.28. The summed E-state index contributed by atoms with van der Waals surface area (Å²) in [6.45, 7) is 29.9. The number of hydrogen-bond donors (Lipinski definition) is 0. The number of anilines is 3. The first-order valence-electron chi connectivity index (χ1n) is 26.7. The fourth-order valence-electron chi connectivity index (χ4n) is 11.2. The van der Waals surface area contributed by atoms with Gasteiger partial charge in [-0.05, 0) is 144 Å². The lowest BCUT2D eigenvalue weighted by Crippen LogP contribution is -2.14. The molecule has 0 saturated carbocycles. The zero-order chi connectivity index (χ0) is 52.1. The highest BCUT2D eigenvalue weighted by molar-refractivity contribution is 7.27. The Kier molecular flexibility index (Phi) is 12.3. The summed E-state index contributed by atoms with van der Waals surface area (Å²) in [5, 5.41) is 7.85. The van der Waals surface area contributed by atoms with E-state index in [2.05, 4.69) is 277 Å². The summed E-state index contributed by atoms with van der Waals surface area (Å²) in [5.41, 5.74) is 15.9. The molecule has 0 bridgehead atoms. The third kappa shape index (κ3) is 9.26. The molecule has 0 amide bonds. The van der Waals surface area contributed by atoms with Gasteiger partial charge in [0.15, 0.2) is 0 Å². The van der Waals surface area contributed by atoms with Crippen molar-refractivity contribution in [1.29, 1.82) is 0 Å². The fourth-order valence-corrected chi connectivity index (χ4v) is 13.7. The van der Waals surface area contributed by atoms with Crippen LogP contribution in [-0.4, -0.2) is 0 Å². The quantitative estimate of drug-likeness (QED) is 0.147. The second kappa shape index (κ2) is 18.4. The van der Waals surface area contributed by atoms with Gasteiger partial charge in [0.05, 0.1) is 0 Å². The largest absolute Gasteiger partial charge is 0.310 e. The van der Waals surface area contributed by atoms with Crippen molar-refractivity contribution in [3.63, 3.8) is 0 Å².